The molecule has 0 aromatic carbocycles. The number of aryl methyl sites for hydroxylation is 3. The van der Waals surface area contributed by atoms with Gasteiger partial charge in [-0.3, -0.25) is 9.36 Å². The van der Waals surface area contributed by atoms with E-state index in [1.165, 1.54) is 34.5 Å². The fraction of sp³-hybridized carbons (Fsp3) is 0.375. The van der Waals surface area contributed by atoms with E-state index in [9.17, 15) is 4.79 Å². The minimum absolute atomic E-state index is 0.0396. The summed E-state index contributed by atoms with van der Waals surface area (Å²) >= 11 is 1.79. The second kappa shape index (κ2) is 5.73. The van der Waals surface area contributed by atoms with Crippen molar-refractivity contribution >= 4 is 27.4 Å². The van der Waals surface area contributed by atoms with Crippen LogP contribution >= 0.6 is 11.3 Å². The number of fused-ring (bicyclic) bond motifs is 3. The Kier molecular flexibility index (Phi) is 3.57. The first-order valence-corrected chi connectivity index (χ1v) is 8.57. The van der Waals surface area contributed by atoms with Gasteiger partial charge in [0.1, 0.15) is 16.5 Å². The first-order valence-electron chi connectivity index (χ1n) is 7.75. The summed E-state index contributed by atoms with van der Waals surface area (Å²) < 4.78 is 1.59. The van der Waals surface area contributed by atoms with E-state index in [2.05, 4.69) is 20.3 Å². The summed E-state index contributed by atoms with van der Waals surface area (Å²) in [5.41, 5.74) is 1.37. The summed E-state index contributed by atoms with van der Waals surface area (Å²) in [5.74, 6) is 1.67. The molecule has 0 fully saturated rings. The van der Waals surface area contributed by atoms with E-state index in [1.807, 2.05) is 6.92 Å². The lowest BCUT2D eigenvalue weighted by atomic mass is 10.2. The van der Waals surface area contributed by atoms with Crippen molar-refractivity contribution in [3.8, 4) is 0 Å². The molecule has 118 valence electrons. The van der Waals surface area contributed by atoms with E-state index in [-0.39, 0.29) is 5.56 Å². The van der Waals surface area contributed by atoms with Crippen LogP contribution in [0.5, 0.6) is 0 Å². The molecule has 0 saturated heterocycles. The highest BCUT2D eigenvalue weighted by molar-refractivity contribution is 7.19. The minimum Gasteiger partial charge on any atom is -0.368 e. The average molecular weight is 327 g/mol. The molecule has 0 aliphatic heterocycles. The molecule has 3 aromatic heterocycles. The topological polar surface area (TPSA) is 72.7 Å². The second-order valence-electron chi connectivity index (χ2n) is 5.70. The van der Waals surface area contributed by atoms with Crippen molar-refractivity contribution in [2.75, 3.05) is 11.9 Å². The molecule has 1 aliphatic rings. The summed E-state index contributed by atoms with van der Waals surface area (Å²) in [6, 6.07) is 1.47. The zero-order valence-corrected chi connectivity index (χ0v) is 13.7. The average Bonchev–Trinajstić information content (AvgIpc) is 3.09. The summed E-state index contributed by atoms with van der Waals surface area (Å²) in [7, 11) is 0. The lowest BCUT2D eigenvalue weighted by Gasteiger charge is -2.10. The van der Waals surface area contributed by atoms with Gasteiger partial charge in [-0.1, -0.05) is 0 Å². The highest BCUT2D eigenvalue weighted by Gasteiger charge is 2.21. The van der Waals surface area contributed by atoms with Gasteiger partial charge in [-0.25, -0.2) is 15.0 Å². The number of hydrogen-bond acceptors (Lipinski definition) is 6. The predicted molar refractivity (Wildman–Crippen MR) is 91.2 cm³/mol. The van der Waals surface area contributed by atoms with Crippen molar-refractivity contribution < 1.29 is 0 Å². The fourth-order valence-electron chi connectivity index (χ4n) is 3.07. The molecule has 1 N–H and O–H groups in total. The van der Waals surface area contributed by atoms with Crippen LogP contribution in [0.4, 0.5) is 5.82 Å². The molecule has 0 spiro atoms. The third kappa shape index (κ3) is 2.61. The quantitative estimate of drug-likeness (QED) is 0.795. The standard InChI is InChI=1S/C16H17N5OS/c1-10-19-15(18-7-8-21-9-17-6-5-13(21)22)14-11-3-2-4-12(11)23-16(14)20-10/h5-6,9H,2-4,7-8H2,1H3,(H,18,19,20). The maximum absolute atomic E-state index is 11.7. The van der Waals surface area contributed by atoms with Gasteiger partial charge in [0.25, 0.3) is 5.56 Å². The molecular weight excluding hydrogens is 310 g/mol. The monoisotopic (exact) mass is 327 g/mol. The third-order valence-electron chi connectivity index (χ3n) is 4.11. The van der Waals surface area contributed by atoms with Crippen LogP contribution in [0, 0.1) is 6.92 Å². The smallest absolute Gasteiger partial charge is 0.253 e. The molecule has 6 nitrogen and oxygen atoms in total. The Labute approximate surface area is 137 Å². The zero-order chi connectivity index (χ0) is 15.8. The lowest BCUT2D eigenvalue weighted by molar-refractivity contribution is 0.679. The maximum atomic E-state index is 11.7. The number of anilines is 1. The largest absolute Gasteiger partial charge is 0.368 e. The van der Waals surface area contributed by atoms with Crippen LogP contribution in [0.3, 0.4) is 0 Å². The van der Waals surface area contributed by atoms with E-state index in [0.717, 1.165) is 29.3 Å². The van der Waals surface area contributed by atoms with Gasteiger partial charge in [0.2, 0.25) is 0 Å². The predicted octanol–water partition coefficient (Wildman–Crippen LogP) is 2.16. The van der Waals surface area contributed by atoms with Crippen molar-refractivity contribution in [1.29, 1.82) is 0 Å². The highest BCUT2D eigenvalue weighted by Crippen LogP contribution is 2.39. The molecular formula is C16H17N5OS. The van der Waals surface area contributed by atoms with Crippen LogP contribution in [0.25, 0.3) is 10.2 Å². The van der Waals surface area contributed by atoms with E-state index in [4.69, 9.17) is 0 Å². The molecule has 0 unspecified atom stereocenters. The Balaban J connectivity index is 1.61. The Morgan fingerprint density at radius 2 is 2.26 bits per heavy atom. The van der Waals surface area contributed by atoms with Gasteiger partial charge in [0, 0.05) is 30.2 Å². The SMILES string of the molecule is Cc1nc(NCCn2cnccc2=O)c2c3c(sc2n1)CCC3. The minimum atomic E-state index is -0.0396. The molecule has 7 heteroatoms. The van der Waals surface area contributed by atoms with Crippen LogP contribution in [0.1, 0.15) is 22.7 Å². The Hall–Kier alpha value is -2.28. The van der Waals surface area contributed by atoms with Gasteiger partial charge >= 0.3 is 0 Å². The molecule has 0 saturated carbocycles. The normalized spacial score (nSPS) is 13.4. The molecule has 1 aliphatic carbocycles. The summed E-state index contributed by atoms with van der Waals surface area (Å²) in [5, 5.41) is 4.56. The highest BCUT2D eigenvalue weighted by atomic mass is 32.1. The number of rotatable bonds is 4. The van der Waals surface area contributed by atoms with Crippen LogP contribution in [-0.4, -0.2) is 26.1 Å². The maximum Gasteiger partial charge on any atom is 0.253 e. The van der Waals surface area contributed by atoms with E-state index >= 15 is 0 Å². The molecule has 4 rings (SSSR count). The first-order chi connectivity index (χ1) is 11.2. The Morgan fingerprint density at radius 3 is 3.13 bits per heavy atom. The molecule has 3 heterocycles. The van der Waals surface area contributed by atoms with Gasteiger partial charge in [-0.05, 0) is 31.7 Å². The number of aromatic nitrogens is 4. The molecule has 3 aromatic rings. The van der Waals surface area contributed by atoms with Gasteiger partial charge in [-0.2, -0.15) is 0 Å². The van der Waals surface area contributed by atoms with Gasteiger partial charge in [-0.15, -0.1) is 11.3 Å². The molecule has 0 bridgehead atoms. The lowest BCUT2D eigenvalue weighted by Crippen LogP contribution is -2.23. The van der Waals surface area contributed by atoms with Crippen molar-refractivity contribution in [2.24, 2.45) is 0 Å². The van der Waals surface area contributed by atoms with Gasteiger partial charge in [0.05, 0.1) is 11.7 Å². The summed E-state index contributed by atoms with van der Waals surface area (Å²) in [6.45, 7) is 3.10. The van der Waals surface area contributed by atoms with E-state index < -0.39 is 0 Å². The van der Waals surface area contributed by atoms with Crippen LogP contribution in [0.2, 0.25) is 0 Å². The van der Waals surface area contributed by atoms with Crippen LogP contribution in [0.15, 0.2) is 23.4 Å². The molecule has 0 radical (unpaired) electrons. The second-order valence-corrected chi connectivity index (χ2v) is 6.78. The van der Waals surface area contributed by atoms with E-state index in [1.54, 1.807) is 22.2 Å². The Morgan fingerprint density at radius 1 is 1.35 bits per heavy atom. The van der Waals surface area contributed by atoms with Crippen molar-refractivity contribution in [3.05, 3.63) is 45.2 Å². The van der Waals surface area contributed by atoms with Gasteiger partial charge < -0.3 is 5.32 Å². The number of nitrogens with zero attached hydrogens (tertiary/aromatic N) is 4. The Bertz CT molecular complexity index is 930. The summed E-state index contributed by atoms with van der Waals surface area (Å²) in [4.78, 5) is 27.4. The van der Waals surface area contributed by atoms with Crippen LogP contribution < -0.4 is 10.9 Å². The van der Waals surface area contributed by atoms with Crippen LogP contribution in [-0.2, 0) is 19.4 Å². The van der Waals surface area contributed by atoms with E-state index in [0.29, 0.717) is 13.1 Å². The van der Waals surface area contributed by atoms with Crippen molar-refractivity contribution in [1.82, 2.24) is 19.5 Å². The van der Waals surface area contributed by atoms with Gasteiger partial charge in [0.15, 0.2) is 0 Å². The molecule has 0 amide bonds. The first kappa shape index (κ1) is 14.3. The number of hydrogen-bond donors (Lipinski definition) is 1. The zero-order valence-electron chi connectivity index (χ0n) is 12.9. The van der Waals surface area contributed by atoms with Crippen molar-refractivity contribution in [3.63, 3.8) is 0 Å². The molecule has 0 atom stereocenters. The number of nitrogens with one attached hydrogen (secondary N) is 1. The fourth-order valence-corrected chi connectivity index (χ4v) is 4.38. The van der Waals surface area contributed by atoms with Crippen molar-refractivity contribution in [2.45, 2.75) is 32.7 Å². The third-order valence-corrected chi connectivity index (χ3v) is 5.30. The number of thiophene rings is 1. The molecule has 23 heavy (non-hydrogen) atoms. The summed E-state index contributed by atoms with van der Waals surface area (Å²) in [6.07, 6.45) is 6.55.